The van der Waals surface area contributed by atoms with E-state index in [9.17, 15) is 10.2 Å². The van der Waals surface area contributed by atoms with E-state index in [1.165, 1.54) is 0 Å². The lowest BCUT2D eigenvalue weighted by Gasteiger charge is -2.01. The smallest absolute Gasteiger partial charge is 0.192 e. The standard InChI is InChI=1S/C11H14N2O2/c1-12-6-5-7-10-8(13-11(7)15)3-2-4-9(10)14/h2-4,12-15H,5-6H2,1H3. The van der Waals surface area contributed by atoms with E-state index in [4.69, 9.17) is 0 Å². The number of phenols is 1. The summed E-state index contributed by atoms with van der Waals surface area (Å²) in [4.78, 5) is 2.84. The fourth-order valence-electron chi connectivity index (χ4n) is 1.78. The summed E-state index contributed by atoms with van der Waals surface area (Å²) in [6.07, 6.45) is 0.680. The van der Waals surface area contributed by atoms with Gasteiger partial charge in [0.2, 0.25) is 0 Å². The number of fused-ring (bicyclic) bond motifs is 1. The maximum absolute atomic E-state index is 9.71. The number of likely N-dealkylation sites (N-methyl/N-ethyl adjacent to an activating group) is 1. The molecule has 0 radical (unpaired) electrons. The van der Waals surface area contributed by atoms with E-state index in [-0.39, 0.29) is 11.6 Å². The van der Waals surface area contributed by atoms with E-state index in [1.54, 1.807) is 12.1 Å². The van der Waals surface area contributed by atoms with Gasteiger partial charge in [0.15, 0.2) is 5.88 Å². The molecule has 1 aromatic carbocycles. The summed E-state index contributed by atoms with van der Waals surface area (Å²) in [6, 6.07) is 5.20. The average Bonchev–Trinajstić information content (AvgIpc) is 2.53. The van der Waals surface area contributed by atoms with Gasteiger partial charge < -0.3 is 20.5 Å². The number of aromatic amines is 1. The molecular weight excluding hydrogens is 192 g/mol. The second kappa shape index (κ2) is 3.82. The van der Waals surface area contributed by atoms with Crippen molar-refractivity contribution in [3.05, 3.63) is 23.8 Å². The Kier molecular flexibility index (Phi) is 2.51. The molecular formula is C11H14N2O2. The highest BCUT2D eigenvalue weighted by molar-refractivity contribution is 5.91. The molecule has 4 nitrogen and oxygen atoms in total. The number of nitrogens with one attached hydrogen (secondary N) is 2. The maximum atomic E-state index is 9.71. The van der Waals surface area contributed by atoms with Gasteiger partial charge in [-0.15, -0.1) is 0 Å². The molecule has 1 heterocycles. The minimum Gasteiger partial charge on any atom is -0.507 e. The molecule has 0 atom stereocenters. The van der Waals surface area contributed by atoms with Crippen LogP contribution in [0.4, 0.5) is 0 Å². The molecule has 80 valence electrons. The van der Waals surface area contributed by atoms with Crippen LogP contribution in [-0.4, -0.2) is 28.8 Å². The van der Waals surface area contributed by atoms with Crippen molar-refractivity contribution in [2.45, 2.75) is 6.42 Å². The Labute approximate surface area is 87.6 Å². The molecule has 0 amide bonds. The molecule has 4 N–H and O–H groups in total. The minimum absolute atomic E-state index is 0.141. The number of aromatic nitrogens is 1. The van der Waals surface area contributed by atoms with E-state index in [0.717, 1.165) is 17.6 Å². The Morgan fingerprint density at radius 2 is 2.13 bits per heavy atom. The zero-order valence-electron chi connectivity index (χ0n) is 8.54. The lowest BCUT2D eigenvalue weighted by atomic mass is 10.1. The summed E-state index contributed by atoms with van der Waals surface area (Å²) in [5.74, 6) is 0.344. The molecule has 0 spiro atoms. The van der Waals surface area contributed by atoms with Crippen LogP contribution in [0.3, 0.4) is 0 Å². The Hall–Kier alpha value is -1.68. The second-order valence-electron chi connectivity index (χ2n) is 3.51. The number of hydrogen-bond acceptors (Lipinski definition) is 3. The third-order valence-electron chi connectivity index (χ3n) is 2.51. The van der Waals surface area contributed by atoms with Crippen LogP contribution in [0.5, 0.6) is 11.6 Å². The van der Waals surface area contributed by atoms with E-state index < -0.39 is 0 Å². The highest BCUT2D eigenvalue weighted by atomic mass is 16.3. The van der Waals surface area contributed by atoms with Crippen LogP contribution >= 0.6 is 0 Å². The molecule has 0 saturated heterocycles. The number of hydrogen-bond donors (Lipinski definition) is 4. The SMILES string of the molecule is CNCCc1c(O)[nH]c2cccc(O)c12. The normalized spacial score (nSPS) is 11.0. The zero-order valence-corrected chi connectivity index (χ0v) is 8.54. The molecule has 1 aromatic heterocycles. The Morgan fingerprint density at radius 3 is 2.87 bits per heavy atom. The summed E-state index contributed by atoms with van der Waals surface area (Å²) in [5, 5.41) is 23.1. The van der Waals surface area contributed by atoms with E-state index in [2.05, 4.69) is 10.3 Å². The van der Waals surface area contributed by atoms with E-state index >= 15 is 0 Å². The Morgan fingerprint density at radius 1 is 1.33 bits per heavy atom. The molecule has 2 rings (SSSR count). The predicted octanol–water partition coefficient (Wildman–Crippen LogP) is 1.34. The largest absolute Gasteiger partial charge is 0.507 e. The molecule has 15 heavy (non-hydrogen) atoms. The highest BCUT2D eigenvalue weighted by Crippen LogP contribution is 2.33. The van der Waals surface area contributed by atoms with Crippen molar-refractivity contribution in [1.82, 2.24) is 10.3 Å². The monoisotopic (exact) mass is 206 g/mol. The fourth-order valence-corrected chi connectivity index (χ4v) is 1.78. The number of aromatic hydroxyl groups is 2. The van der Waals surface area contributed by atoms with Crippen molar-refractivity contribution in [1.29, 1.82) is 0 Å². The topological polar surface area (TPSA) is 68.3 Å². The van der Waals surface area contributed by atoms with Crippen LogP contribution < -0.4 is 5.32 Å². The van der Waals surface area contributed by atoms with Crippen LogP contribution in [-0.2, 0) is 6.42 Å². The molecule has 0 fully saturated rings. The van der Waals surface area contributed by atoms with Crippen LogP contribution in [0.2, 0.25) is 0 Å². The number of phenolic OH excluding ortho intramolecular Hbond substituents is 1. The Balaban J connectivity index is 2.55. The second-order valence-corrected chi connectivity index (χ2v) is 3.51. The molecule has 0 aliphatic heterocycles. The van der Waals surface area contributed by atoms with E-state index in [0.29, 0.717) is 11.8 Å². The van der Waals surface area contributed by atoms with Crippen LogP contribution in [0.1, 0.15) is 5.56 Å². The van der Waals surface area contributed by atoms with Crippen molar-refractivity contribution < 1.29 is 10.2 Å². The third kappa shape index (κ3) is 1.64. The highest BCUT2D eigenvalue weighted by Gasteiger charge is 2.12. The molecule has 0 aliphatic rings. The zero-order chi connectivity index (χ0) is 10.8. The first kappa shape index (κ1) is 9.86. The van der Waals surface area contributed by atoms with Crippen LogP contribution in [0.25, 0.3) is 10.9 Å². The Bertz CT molecular complexity index is 477. The van der Waals surface area contributed by atoms with Gasteiger partial charge in [-0.25, -0.2) is 0 Å². The lowest BCUT2D eigenvalue weighted by Crippen LogP contribution is -2.10. The average molecular weight is 206 g/mol. The van der Waals surface area contributed by atoms with Crippen LogP contribution in [0, 0.1) is 0 Å². The fraction of sp³-hybridized carbons (Fsp3) is 0.273. The molecule has 2 aromatic rings. The third-order valence-corrected chi connectivity index (χ3v) is 2.51. The first-order valence-electron chi connectivity index (χ1n) is 4.90. The van der Waals surface area contributed by atoms with Crippen LogP contribution in [0.15, 0.2) is 18.2 Å². The van der Waals surface area contributed by atoms with E-state index in [1.807, 2.05) is 13.1 Å². The summed E-state index contributed by atoms with van der Waals surface area (Å²) in [7, 11) is 1.85. The van der Waals surface area contributed by atoms with Crippen molar-refractivity contribution in [3.63, 3.8) is 0 Å². The lowest BCUT2D eigenvalue weighted by molar-refractivity contribution is 0.450. The van der Waals surface area contributed by atoms with Gasteiger partial charge in [-0.1, -0.05) is 6.07 Å². The summed E-state index contributed by atoms with van der Waals surface area (Å²) < 4.78 is 0. The van der Waals surface area contributed by atoms with Crippen molar-refractivity contribution in [2.24, 2.45) is 0 Å². The van der Waals surface area contributed by atoms with Gasteiger partial charge >= 0.3 is 0 Å². The molecule has 0 bridgehead atoms. The van der Waals surface area contributed by atoms with Gasteiger partial charge in [-0.2, -0.15) is 0 Å². The first-order valence-corrected chi connectivity index (χ1v) is 4.90. The van der Waals surface area contributed by atoms with Gasteiger partial charge in [0.1, 0.15) is 5.75 Å². The molecule has 4 heteroatoms. The number of benzene rings is 1. The predicted molar refractivity (Wildman–Crippen MR) is 59.3 cm³/mol. The number of rotatable bonds is 3. The quantitative estimate of drug-likeness (QED) is 0.612. The number of H-pyrrole nitrogens is 1. The molecule has 0 saturated carbocycles. The summed E-state index contributed by atoms with van der Waals surface area (Å²) in [6.45, 7) is 0.759. The van der Waals surface area contributed by atoms with Gasteiger partial charge in [-0.05, 0) is 32.1 Å². The molecule has 0 unspecified atom stereocenters. The van der Waals surface area contributed by atoms with Crippen molar-refractivity contribution in [2.75, 3.05) is 13.6 Å². The van der Waals surface area contributed by atoms with Gasteiger partial charge in [0.05, 0.1) is 5.52 Å². The molecule has 0 aliphatic carbocycles. The van der Waals surface area contributed by atoms with Crippen molar-refractivity contribution in [3.8, 4) is 11.6 Å². The minimum atomic E-state index is 0.141. The summed E-state index contributed by atoms with van der Waals surface area (Å²) >= 11 is 0. The van der Waals surface area contributed by atoms with Crippen molar-refractivity contribution >= 4 is 10.9 Å². The van der Waals surface area contributed by atoms with Gasteiger partial charge in [0, 0.05) is 10.9 Å². The maximum Gasteiger partial charge on any atom is 0.192 e. The first-order chi connectivity index (χ1) is 7.24. The van der Waals surface area contributed by atoms with Gasteiger partial charge in [0.25, 0.3) is 0 Å². The summed E-state index contributed by atoms with van der Waals surface area (Å²) in [5.41, 5.74) is 1.52. The van der Waals surface area contributed by atoms with Gasteiger partial charge in [-0.3, -0.25) is 0 Å².